The average molecular weight is 419 g/mol. The number of carbonyl (C=O) groups excluding carboxylic acids is 2. The number of imide groups is 1. The molecular weight excluding hydrogens is 392 g/mol. The second-order valence-electron chi connectivity index (χ2n) is 6.71. The highest BCUT2D eigenvalue weighted by atomic mass is 79.9. The fraction of sp³-hybridized carbons (Fsp3) is 0.429. The summed E-state index contributed by atoms with van der Waals surface area (Å²) in [5.41, 5.74) is 1.28. The molecule has 3 rings (SSSR count). The molecule has 0 spiro atoms. The van der Waals surface area contributed by atoms with Crippen molar-refractivity contribution < 1.29 is 9.59 Å². The van der Waals surface area contributed by atoms with Crippen molar-refractivity contribution in [3.63, 3.8) is 0 Å². The van der Waals surface area contributed by atoms with Gasteiger partial charge in [-0.2, -0.15) is 0 Å². The van der Waals surface area contributed by atoms with Crippen LogP contribution in [0.3, 0.4) is 0 Å². The lowest BCUT2D eigenvalue weighted by molar-refractivity contribution is 0.0541. The number of halogens is 1. The normalized spacial score (nSPS) is 14.7. The largest absolute Gasteiger partial charge is 0.304 e. The molecule has 1 heterocycles. The minimum Gasteiger partial charge on any atom is -0.304 e. The Labute approximate surface area is 165 Å². The number of benzene rings is 2. The summed E-state index contributed by atoms with van der Waals surface area (Å²) in [4.78, 5) is 29.7. The third kappa shape index (κ3) is 3.69. The molecular formula is C21H27BrN2O2. The summed E-state index contributed by atoms with van der Waals surface area (Å²) in [7, 11) is 0. The summed E-state index contributed by atoms with van der Waals surface area (Å²) in [5, 5.41) is 1.75. The minimum absolute atomic E-state index is 0. The zero-order chi connectivity index (χ0) is 18.0. The Hall–Kier alpha value is -1.72. The first-order valence-electron chi connectivity index (χ1n) is 9.20. The number of hydrogen-bond acceptors (Lipinski definition) is 3. The maximum Gasteiger partial charge on any atom is 0.261 e. The highest BCUT2D eigenvalue weighted by molar-refractivity contribution is 8.93. The number of carbonyl (C=O) groups is 2. The van der Waals surface area contributed by atoms with E-state index in [-0.39, 0.29) is 34.8 Å². The molecule has 0 fully saturated rings. The van der Waals surface area contributed by atoms with Crippen LogP contribution in [-0.2, 0) is 0 Å². The molecule has 0 radical (unpaired) electrons. The van der Waals surface area contributed by atoms with E-state index in [0.29, 0.717) is 11.1 Å². The van der Waals surface area contributed by atoms with Crippen LogP contribution in [0.25, 0.3) is 10.8 Å². The molecule has 1 aliphatic rings. The Morgan fingerprint density at radius 3 is 2.00 bits per heavy atom. The quantitative estimate of drug-likeness (QED) is 0.620. The lowest BCUT2D eigenvalue weighted by atomic mass is 9.93. The van der Waals surface area contributed by atoms with Crippen molar-refractivity contribution in [3.05, 3.63) is 47.5 Å². The van der Waals surface area contributed by atoms with Crippen molar-refractivity contribution in [1.29, 1.82) is 0 Å². The number of nitrogens with zero attached hydrogens (tertiary/aromatic N) is 2. The molecule has 0 N–H and O–H groups in total. The molecule has 5 heteroatoms. The van der Waals surface area contributed by atoms with Gasteiger partial charge in [0, 0.05) is 22.6 Å². The molecule has 2 aromatic rings. The summed E-state index contributed by atoms with van der Waals surface area (Å²) in [6, 6.07) is 11.2. The van der Waals surface area contributed by atoms with E-state index < -0.39 is 0 Å². The SMILES string of the molecule is Br.CCN(CC)CCCC(C)N1C(=O)c2cccc3cccc(c23)C1=O. The fourth-order valence-corrected chi connectivity index (χ4v) is 3.73. The Morgan fingerprint density at radius 1 is 0.962 bits per heavy atom. The first-order chi connectivity index (χ1) is 12.1. The van der Waals surface area contributed by atoms with Crippen molar-refractivity contribution >= 4 is 39.6 Å². The third-order valence-corrected chi connectivity index (χ3v) is 5.23. The first-order valence-corrected chi connectivity index (χ1v) is 9.20. The molecule has 1 atom stereocenters. The van der Waals surface area contributed by atoms with Crippen molar-refractivity contribution in [2.45, 2.75) is 39.7 Å². The second-order valence-corrected chi connectivity index (χ2v) is 6.71. The van der Waals surface area contributed by atoms with Gasteiger partial charge in [-0.25, -0.2) is 0 Å². The molecule has 0 saturated carbocycles. The van der Waals surface area contributed by atoms with Crippen LogP contribution in [0.1, 0.15) is 54.3 Å². The molecule has 4 nitrogen and oxygen atoms in total. The van der Waals surface area contributed by atoms with Crippen molar-refractivity contribution in [2.75, 3.05) is 19.6 Å². The Bertz CT molecular complexity index is 751. The molecule has 0 bridgehead atoms. The summed E-state index contributed by atoms with van der Waals surface area (Å²) in [5.74, 6) is -0.325. The van der Waals surface area contributed by atoms with Gasteiger partial charge in [-0.15, -0.1) is 17.0 Å². The molecule has 1 aliphatic heterocycles. The average Bonchev–Trinajstić information content (AvgIpc) is 2.63. The fourth-order valence-electron chi connectivity index (χ4n) is 3.73. The molecule has 0 saturated heterocycles. The van der Waals surface area contributed by atoms with Gasteiger partial charge in [0.05, 0.1) is 0 Å². The summed E-state index contributed by atoms with van der Waals surface area (Å²) in [6.45, 7) is 9.35. The Kier molecular flexibility index (Phi) is 6.95. The van der Waals surface area contributed by atoms with Gasteiger partial charge in [-0.3, -0.25) is 14.5 Å². The molecule has 1 unspecified atom stereocenters. The molecule has 0 aliphatic carbocycles. The highest BCUT2D eigenvalue weighted by Crippen LogP contribution is 2.31. The number of amides is 2. The van der Waals surface area contributed by atoms with Crippen molar-refractivity contribution in [1.82, 2.24) is 9.80 Å². The van der Waals surface area contributed by atoms with E-state index in [0.717, 1.165) is 43.2 Å². The van der Waals surface area contributed by atoms with E-state index in [4.69, 9.17) is 0 Å². The van der Waals surface area contributed by atoms with E-state index in [2.05, 4.69) is 18.7 Å². The predicted molar refractivity (Wildman–Crippen MR) is 111 cm³/mol. The highest BCUT2D eigenvalue weighted by Gasteiger charge is 2.35. The van der Waals surface area contributed by atoms with Gasteiger partial charge in [0.2, 0.25) is 0 Å². The van der Waals surface area contributed by atoms with E-state index in [1.807, 2.05) is 43.3 Å². The van der Waals surface area contributed by atoms with Gasteiger partial charge in [0.25, 0.3) is 11.8 Å². The van der Waals surface area contributed by atoms with Crippen molar-refractivity contribution in [2.24, 2.45) is 0 Å². The minimum atomic E-state index is -0.162. The maximum absolute atomic E-state index is 13.0. The lowest BCUT2D eigenvalue weighted by Gasteiger charge is -2.32. The first kappa shape index (κ1) is 20.6. The second kappa shape index (κ2) is 8.78. The van der Waals surface area contributed by atoms with Gasteiger partial charge in [0.1, 0.15) is 0 Å². The summed E-state index contributed by atoms with van der Waals surface area (Å²) in [6.07, 6.45) is 1.80. The lowest BCUT2D eigenvalue weighted by Crippen LogP contribution is -2.46. The maximum atomic E-state index is 13.0. The number of rotatable bonds is 7. The van der Waals surface area contributed by atoms with Gasteiger partial charge in [-0.05, 0) is 56.9 Å². The van der Waals surface area contributed by atoms with E-state index >= 15 is 0 Å². The Morgan fingerprint density at radius 2 is 1.50 bits per heavy atom. The topological polar surface area (TPSA) is 40.6 Å². The van der Waals surface area contributed by atoms with Crippen LogP contribution in [0.5, 0.6) is 0 Å². The smallest absolute Gasteiger partial charge is 0.261 e. The van der Waals surface area contributed by atoms with Gasteiger partial charge in [-0.1, -0.05) is 38.1 Å². The number of hydrogen-bond donors (Lipinski definition) is 0. The van der Waals surface area contributed by atoms with Crippen LogP contribution in [-0.4, -0.2) is 47.3 Å². The molecule has 2 amide bonds. The predicted octanol–water partition coefficient (Wildman–Crippen LogP) is 4.52. The zero-order valence-corrected chi connectivity index (χ0v) is 17.4. The van der Waals surface area contributed by atoms with Crippen LogP contribution in [0.2, 0.25) is 0 Å². The molecule has 26 heavy (non-hydrogen) atoms. The van der Waals surface area contributed by atoms with Crippen LogP contribution in [0.4, 0.5) is 0 Å². The van der Waals surface area contributed by atoms with Crippen LogP contribution < -0.4 is 0 Å². The van der Waals surface area contributed by atoms with E-state index in [1.165, 1.54) is 4.90 Å². The van der Waals surface area contributed by atoms with E-state index in [9.17, 15) is 9.59 Å². The van der Waals surface area contributed by atoms with Crippen molar-refractivity contribution in [3.8, 4) is 0 Å². The van der Waals surface area contributed by atoms with Gasteiger partial charge in [0.15, 0.2) is 0 Å². The summed E-state index contributed by atoms with van der Waals surface area (Å²) >= 11 is 0. The molecule has 140 valence electrons. The van der Waals surface area contributed by atoms with Gasteiger partial charge < -0.3 is 4.90 Å². The van der Waals surface area contributed by atoms with Gasteiger partial charge >= 0.3 is 0 Å². The van der Waals surface area contributed by atoms with E-state index in [1.54, 1.807) is 0 Å². The molecule has 0 aromatic heterocycles. The Balaban J connectivity index is 0.00000243. The monoisotopic (exact) mass is 418 g/mol. The van der Waals surface area contributed by atoms with Crippen LogP contribution in [0.15, 0.2) is 36.4 Å². The molecule has 2 aromatic carbocycles. The summed E-state index contributed by atoms with van der Waals surface area (Å²) < 4.78 is 0. The zero-order valence-electron chi connectivity index (χ0n) is 15.7. The van der Waals surface area contributed by atoms with Crippen LogP contribution >= 0.6 is 17.0 Å². The van der Waals surface area contributed by atoms with Crippen LogP contribution in [0, 0.1) is 0 Å². The standard InChI is InChI=1S/C21H26N2O2.BrH/c1-4-22(5-2)14-8-9-15(3)23-20(24)17-12-6-10-16-11-7-13-18(19(16)17)21(23)25;/h6-7,10-13,15H,4-5,8-9,14H2,1-3H3;1H. The third-order valence-electron chi connectivity index (χ3n) is 5.23.